The van der Waals surface area contributed by atoms with Gasteiger partial charge in [0, 0.05) is 51.6 Å². The van der Waals surface area contributed by atoms with E-state index in [9.17, 15) is 0 Å². The fourth-order valence-corrected chi connectivity index (χ4v) is 2.85. The Hall–Kier alpha value is -1.10. The van der Waals surface area contributed by atoms with Gasteiger partial charge >= 0.3 is 0 Å². The lowest BCUT2D eigenvalue weighted by molar-refractivity contribution is 0.199. The molecule has 1 heterocycles. The molecule has 0 spiro atoms. The Morgan fingerprint density at radius 3 is 2.67 bits per heavy atom. The van der Waals surface area contributed by atoms with Crippen LogP contribution in [-0.2, 0) is 11.3 Å². The first-order valence-corrected chi connectivity index (χ1v) is 7.98. The number of rotatable bonds is 7. The third-order valence-corrected chi connectivity index (χ3v) is 4.36. The molecule has 1 saturated heterocycles. The van der Waals surface area contributed by atoms with Crippen LogP contribution in [-0.4, -0.2) is 57.9 Å². The van der Waals surface area contributed by atoms with Gasteiger partial charge in [-0.25, -0.2) is 0 Å². The molecule has 1 aliphatic heterocycles. The van der Waals surface area contributed by atoms with E-state index in [1.807, 2.05) is 0 Å². The summed E-state index contributed by atoms with van der Waals surface area (Å²) >= 11 is 0. The molecule has 0 aromatic heterocycles. The molecule has 1 aliphatic rings. The minimum atomic E-state index is 0.675. The number of piperazine rings is 1. The molecule has 4 heteroatoms. The summed E-state index contributed by atoms with van der Waals surface area (Å²) in [6.45, 7) is 8.26. The zero-order valence-electron chi connectivity index (χ0n) is 13.6. The molecule has 2 rings (SSSR count). The quantitative estimate of drug-likeness (QED) is 0.777. The van der Waals surface area contributed by atoms with Crippen LogP contribution in [0.2, 0.25) is 0 Å². The monoisotopic (exact) mass is 291 g/mol. The van der Waals surface area contributed by atoms with Gasteiger partial charge in [0.25, 0.3) is 0 Å². The Labute approximate surface area is 129 Å². The van der Waals surface area contributed by atoms with Crippen LogP contribution in [0.5, 0.6) is 0 Å². The van der Waals surface area contributed by atoms with Crippen molar-refractivity contribution in [2.45, 2.75) is 25.9 Å². The Balaban J connectivity index is 1.86. The third-order valence-electron chi connectivity index (χ3n) is 4.36. The van der Waals surface area contributed by atoms with Crippen molar-refractivity contribution in [1.82, 2.24) is 10.2 Å². The molecule has 118 valence electrons. The average molecular weight is 291 g/mol. The van der Waals surface area contributed by atoms with Gasteiger partial charge in [-0.15, -0.1) is 0 Å². The Bertz CT molecular complexity index is 407. The smallest absolute Gasteiger partial charge is 0.0587 e. The van der Waals surface area contributed by atoms with E-state index in [1.54, 1.807) is 7.11 Å². The van der Waals surface area contributed by atoms with Gasteiger partial charge in [0.1, 0.15) is 0 Å². The second kappa shape index (κ2) is 8.37. The number of nitrogens with one attached hydrogen (secondary N) is 1. The second-order valence-corrected chi connectivity index (χ2v) is 5.82. The number of hydrogen-bond acceptors (Lipinski definition) is 4. The Kier molecular flexibility index (Phi) is 6.49. The van der Waals surface area contributed by atoms with Crippen LogP contribution >= 0.6 is 0 Å². The largest absolute Gasteiger partial charge is 0.383 e. The maximum absolute atomic E-state index is 5.03. The summed E-state index contributed by atoms with van der Waals surface area (Å²) in [7, 11) is 3.97. The molecule has 1 unspecified atom stereocenters. The lowest BCUT2D eigenvalue weighted by atomic mass is 10.1. The fraction of sp³-hybridized carbons (Fsp3) is 0.647. The van der Waals surface area contributed by atoms with E-state index in [-0.39, 0.29) is 0 Å². The van der Waals surface area contributed by atoms with Crippen molar-refractivity contribution in [1.29, 1.82) is 0 Å². The van der Waals surface area contributed by atoms with Gasteiger partial charge < -0.3 is 15.0 Å². The zero-order chi connectivity index (χ0) is 15.1. The van der Waals surface area contributed by atoms with Crippen LogP contribution in [0.3, 0.4) is 0 Å². The minimum absolute atomic E-state index is 0.675. The summed E-state index contributed by atoms with van der Waals surface area (Å²) in [5.74, 6) is 0. The highest BCUT2D eigenvalue weighted by Gasteiger charge is 2.22. The highest BCUT2D eigenvalue weighted by atomic mass is 16.5. The van der Waals surface area contributed by atoms with Gasteiger partial charge in [0.2, 0.25) is 0 Å². The summed E-state index contributed by atoms with van der Waals surface area (Å²) in [5, 5.41) is 3.38. The number of likely N-dealkylation sites (N-methyl/N-ethyl adjacent to an activating group) is 1. The van der Waals surface area contributed by atoms with Gasteiger partial charge in [0.05, 0.1) is 6.61 Å². The maximum Gasteiger partial charge on any atom is 0.0587 e. The van der Waals surface area contributed by atoms with Crippen molar-refractivity contribution >= 4 is 5.69 Å². The molecule has 1 aromatic carbocycles. The molecule has 21 heavy (non-hydrogen) atoms. The number of benzene rings is 1. The van der Waals surface area contributed by atoms with Gasteiger partial charge in [-0.2, -0.15) is 0 Å². The van der Waals surface area contributed by atoms with Gasteiger partial charge in [-0.1, -0.05) is 19.1 Å². The molecular formula is C17H29N3O. The first-order chi connectivity index (χ1) is 10.2. The topological polar surface area (TPSA) is 27.7 Å². The van der Waals surface area contributed by atoms with E-state index in [2.05, 4.69) is 53.4 Å². The molecule has 1 fully saturated rings. The van der Waals surface area contributed by atoms with E-state index in [1.165, 1.54) is 17.7 Å². The van der Waals surface area contributed by atoms with Crippen LogP contribution in [0, 0.1) is 0 Å². The van der Waals surface area contributed by atoms with Crippen molar-refractivity contribution in [3.63, 3.8) is 0 Å². The molecule has 0 aliphatic carbocycles. The van der Waals surface area contributed by atoms with Crippen molar-refractivity contribution in [3.05, 3.63) is 29.8 Å². The summed E-state index contributed by atoms with van der Waals surface area (Å²) in [6, 6.07) is 9.65. The first-order valence-electron chi connectivity index (χ1n) is 7.98. The Morgan fingerprint density at radius 2 is 2.00 bits per heavy atom. The molecule has 0 bridgehead atoms. The van der Waals surface area contributed by atoms with Crippen molar-refractivity contribution in [3.8, 4) is 0 Å². The van der Waals surface area contributed by atoms with Crippen molar-refractivity contribution in [2.75, 3.05) is 51.8 Å². The van der Waals surface area contributed by atoms with E-state index >= 15 is 0 Å². The molecule has 1 N–H and O–H groups in total. The van der Waals surface area contributed by atoms with Gasteiger partial charge in [-0.05, 0) is 31.2 Å². The minimum Gasteiger partial charge on any atom is -0.383 e. The zero-order valence-corrected chi connectivity index (χ0v) is 13.6. The summed E-state index contributed by atoms with van der Waals surface area (Å²) < 4.78 is 5.03. The van der Waals surface area contributed by atoms with Crippen molar-refractivity contribution < 1.29 is 4.74 Å². The molecule has 0 saturated carbocycles. The molecule has 1 atom stereocenters. The molecule has 4 nitrogen and oxygen atoms in total. The molecule has 1 aromatic rings. The number of anilines is 1. The molecular weight excluding hydrogens is 262 g/mol. The predicted molar refractivity (Wildman–Crippen MR) is 88.9 cm³/mol. The third kappa shape index (κ3) is 4.70. The molecule has 0 radical (unpaired) electrons. The standard InChI is InChI=1S/C17H29N3O/c1-4-16-14-20(11-10-19(16)2)17-7-5-15(6-8-17)13-18-9-12-21-3/h5-8,16,18H,4,9-14H2,1-3H3. The van der Waals surface area contributed by atoms with Gasteiger partial charge in [0.15, 0.2) is 0 Å². The fourth-order valence-electron chi connectivity index (χ4n) is 2.85. The number of methoxy groups -OCH3 is 1. The second-order valence-electron chi connectivity index (χ2n) is 5.82. The summed E-state index contributed by atoms with van der Waals surface area (Å²) in [5.41, 5.74) is 2.68. The average Bonchev–Trinajstić information content (AvgIpc) is 2.53. The normalized spacial score (nSPS) is 20.0. The summed E-state index contributed by atoms with van der Waals surface area (Å²) in [4.78, 5) is 4.99. The number of ether oxygens (including phenoxy) is 1. The van der Waals surface area contributed by atoms with Crippen molar-refractivity contribution in [2.24, 2.45) is 0 Å². The van der Waals surface area contributed by atoms with E-state index in [0.29, 0.717) is 6.04 Å². The van der Waals surface area contributed by atoms with Crippen LogP contribution < -0.4 is 10.2 Å². The van der Waals surface area contributed by atoms with Crippen LogP contribution in [0.25, 0.3) is 0 Å². The van der Waals surface area contributed by atoms with E-state index in [4.69, 9.17) is 4.74 Å². The van der Waals surface area contributed by atoms with Crippen LogP contribution in [0.4, 0.5) is 5.69 Å². The number of nitrogens with zero attached hydrogens (tertiary/aromatic N) is 2. The van der Waals surface area contributed by atoms with E-state index < -0.39 is 0 Å². The highest BCUT2D eigenvalue weighted by molar-refractivity contribution is 5.48. The summed E-state index contributed by atoms with van der Waals surface area (Å²) in [6.07, 6.45) is 1.22. The van der Waals surface area contributed by atoms with Gasteiger partial charge in [-0.3, -0.25) is 4.90 Å². The first kappa shape index (κ1) is 16.3. The lowest BCUT2D eigenvalue weighted by Crippen LogP contribution is -2.51. The SMILES string of the molecule is CCC1CN(c2ccc(CNCCOC)cc2)CCN1C. The lowest BCUT2D eigenvalue weighted by Gasteiger charge is -2.40. The van der Waals surface area contributed by atoms with E-state index in [0.717, 1.165) is 39.3 Å². The molecule has 0 amide bonds. The van der Waals surface area contributed by atoms with Crippen LogP contribution in [0.15, 0.2) is 24.3 Å². The number of hydrogen-bond donors (Lipinski definition) is 1. The highest BCUT2D eigenvalue weighted by Crippen LogP contribution is 2.20. The predicted octanol–water partition coefficient (Wildman–Crippen LogP) is 1.95. The van der Waals surface area contributed by atoms with Crippen LogP contribution in [0.1, 0.15) is 18.9 Å². The maximum atomic E-state index is 5.03. The Morgan fingerprint density at radius 1 is 1.24 bits per heavy atom.